The Labute approximate surface area is 93.3 Å². The van der Waals surface area contributed by atoms with E-state index in [2.05, 4.69) is 5.32 Å². The molecule has 0 spiro atoms. The van der Waals surface area contributed by atoms with Gasteiger partial charge in [-0.1, -0.05) is 12.8 Å². The third-order valence-electron chi connectivity index (χ3n) is 3.02. The maximum Gasteiger partial charge on any atom is 0.128 e. The van der Waals surface area contributed by atoms with Crippen molar-refractivity contribution in [2.75, 3.05) is 11.9 Å². The molecule has 1 fully saturated rings. The van der Waals surface area contributed by atoms with E-state index in [-0.39, 0.29) is 0 Å². The van der Waals surface area contributed by atoms with Gasteiger partial charge in [-0.05, 0) is 25.0 Å². The fraction of sp³-hybridized carbons (Fsp3) is 0.500. The van der Waals surface area contributed by atoms with Gasteiger partial charge in [0, 0.05) is 18.3 Å². The largest absolute Gasteiger partial charge is 0.388 e. The molecule has 16 heavy (non-hydrogen) atoms. The Morgan fingerprint density at radius 3 is 2.25 bits per heavy atom. The SMILES string of the molecule is OC1(CNc2cc(F)cc(F)c2)CCCC1. The zero-order chi connectivity index (χ0) is 11.6. The highest BCUT2D eigenvalue weighted by molar-refractivity contribution is 5.44. The fourth-order valence-corrected chi connectivity index (χ4v) is 2.13. The molecule has 1 aliphatic carbocycles. The number of anilines is 1. The second kappa shape index (κ2) is 4.37. The van der Waals surface area contributed by atoms with Crippen molar-refractivity contribution < 1.29 is 13.9 Å². The highest BCUT2D eigenvalue weighted by atomic mass is 19.1. The Hall–Kier alpha value is -1.16. The van der Waals surface area contributed by atoms with Crippen LogP contribution in [0.3, 0.4) is 0 Å². The second-order valence-corrected chi connectivity index (χ2v) is 4.44. The number of hydrogen-bond acceptors (Lipinski definition) is 2. The number of halogens is 2. The van der Waals surface area contributed by atoms with Crippen LogP contribution < -0.4 is 5.32 Å². The molecule has 1 aliphatic rings. The zero-order valence-electron chi connectivity index (χ0n) is 8.97. The van der Waals surface area contributed by atoms with Crippen LogP contribution in [0.4, 0.5) is 14.5 Å². The Balaban J connectivity index is 1.98. The van der Waals surface area contributed by atoms with Crippen molar-refractivity contribution in [2.24, 2.45) is 0 Å². The number of aliphatic hydroxyl groups is 1. The highest BCUT2D eigenvalue weighted by Crippen LogP contribution is 2.29. The van der Waals surface area contributed by atoms with Crippen molar-refractivity contribution in [3.63, 3.8) is 0 Å². The third-order valence-corrected chi connectivity index (χ3v) is 3.02. The van der Waals surface area contributed by atoms with Crippen LogP contribution in [0.5, 0.6) is 0 Å². The van der Waals surface area contributed by atoms with E-state index in [1.54, 1.807) is 0 Å². The van der Waals surface area contributed by atoms with E-state index in [9.17, 15) is 13.9 Å². The average molecular weight is 227 g/mol. The lowest BCUT2D eigenvalue weighted by atomic mass is 10.0. The summed E-state index contributed by atoms with van der Waals surface area (Å²) in [6, 6.07) is 3.28. The molecule has 0 atom stereocenters. The van der Waals surface area contributed by atoms with Gasteiger partial charge in [0.05, 0.1) is 5.60 Å². The first-order chi connectivity index (χ1) is 7.57. The van der Waals surface area contributed by atoms with Crippen LogP contribution in [0.2, 0.25) is 0 Å². The molecule has 2 N–H and O–H groups in total. The fourth-order valence-electron chi connectivity index (χ4n) is 2.13. The van der Waals surface area contributed by atoms with Crippen LogP contribution in [0.1, 0.15) is 25.7 Å². The lowest BCUT2D eigenvalue weighted by Crippen LogP contribution is -2.33. The van der Waals surface area contributed by atoms with E-state index in [0.29, 0.717) is 12.2 Å². The van der Waals surface area contributed by atoms with Gasteiger partial charge in [0.25, 0.3) is 0 Å². The minimum atomic E-state index is -0.719. The minimum absolute atomic E-state index is 0.343. The molecule has 88 valence electrons. The van der Waals surface area contributed by atoms with Crippen LogP contribution in [-0.2, 0) is 0 Å². The van der Waals surface area contributed by atoms with E-state index >= 15 is 0 Å². The number of hydrogen-bond donors (Lipinski definition) is 2. The van der Waals surface area contributed by atoms with Crippen molar-refractivity contribution in [2.45, 2.75) is 31.3 Å². The molecular weight excluding hydrogens is 212 g/mol. The van der Waals surface area contributed by atoms with E-state index in [0.717, 1.165) is 31.7 Å². The molecule has 0 heterocycles. The quantitative estimate of drug-likeness (QED) is 0.832. The van der Waals surface area contributed by atoms with Gasteiger partial charge in [-0.25, -0.2) is 8.78 Å². The minimum Gasteiger partial charge on any atom is -0.388 e. The Morgan fingerprint density at radius 1 is 1.12 bits per heavy atom. The molecule has 1 aromatic rings. The predicted octanol–water partition coefficient (Wildman–Crippen LogP) is 2.68. The molecule has 0 unspecified atom stereocenters. The summed E-state index contributed by atoms with van der Waals surface area (Å²) in [5.41, 5.74) is -0.346. The monoisotopic (exact) mass is 227 g/mol. The molecule has 1 saturated carbocycles. The first-order valence-corrected chi connectivity index (χ1v) is 5.50. The maximum absolute atomic E-state index is 12.9. The molecule has 0 saturated heterocycles. The summed E-state index contributed by atoms with van der Waals surface area (Å²) in [6.07, 6.45) is 3.51. The van der Waals surface area contributed by atoms with Gasteiger partial charge in [0.15, 0.2) is 0 Å². The van der Waals surface area contributed by atoms with Gasteiger partial charge in [-0.15, -0.1) is 0 Å². The molecule has 0 amide bonds. The van der Waals surface area contributed by atoms with Gasteiger partial charge in [0.1, 0.15) is 11.6 Å². The summed E-state index contributed by atoms with van der Waals surface area (Å²) in [4.78, 5) is 0. The smallest absolute Gasteiger partial charge is 0.128 e. The lowest BCUT2D eigenvalue weighted by molar-refractivity contribution is 0.0614. The van der Waals surface area contributed by atoms with Crippen molar-refractivity contribution in [1.82, 2.24) is 0 Å². The van der Waals surface area contributed by atoms with Gasteiger partial charge in [-0.2, -0.15) is 0 Å². The Morgan fingerprint density at radius 2 is 1.69 bits per heavy atom. The first kappa shape index (κ1) is 11.3. The highest BCUT2D eigenvalue weighted by Gasteiger charge is 2.30. The van der Waals surface area contributed by atoms with E-state index in [1.165, 1.54) is 12.1 Å². The third kappa shape index (κ3) is 2.70. The molecule has 0 aliphatic heterocycles. The number of benzene rings is 1. The van der Waals surface area contributed by atoms with Crippen LogP contribution >= 0.6 is 0 Å². The van der Waals surface area contributed by atoms with Gasteiger partial charge < -0.3 is 10.4 Å². The standard InChI is InChI=1S/C12H15F2NO/c13-9-5-10(14)7-11(6-9)15-8-12(16)3-1-2-4-12/h5-7,15-16H,1-4,8H2. The summed E-state index contributed by atoms with van der Waals surface area (Å²) < 4.78 is 25.8. The summed E-state index contributed by atoms with van der Waals surface area (Å²) >= 11 is 0. The van der Waals surface area contributed by atoms with Gasteiger partial charge >= 0.3 is 0 Å². The Bertz CT molecular complexity index is 355. The van der Waals surface area contributed by atoms with Crippen molar-refractivity contribution >= 4 is 5.69 Å². The topological polar surface area (TPSA) is 32.3 Å². The normalized spacial score (nSPS) is 18.7. The summed E-state index contributed by atoms with van der Waals surface area (Å²) in [6.45, 7) is 0.343. The molecule has 4 heteroatoms. The van der Waals surface area contributed by atoms with E-state index in [1.807, 2.05) is 0 Å². The molecule has 2 rings (SSSR count). The van der Waals surface area contributed by atoms with E-state index < -0.39 is 17.2 Å². The van der Waals surface area contributed by atoms with Crippen molar-refractivity contribution in [1.29, 1.82) is 0 Å². The van der Waals surface area contributed by atoms with Gasteiger partial charge in [-0.3, -0.25) is 0 Å². The van der Waals surface area contributed by atoms with Gasteiger partial charge in [0.2, 0.25) is 0 Å². The summed E-state index contributed by atoms with van der Waals surface area (Å²) in [5, 5.41) is 12.9. The van der Waals surface area contributed by atoms with Crippen LogP contribution in [-0.4, -0.2) is 17.3 Å². The van der Waals surface area contributed by atoms with Crippen molar-refractivity contribution in [3.8, 4) is 0 Å². The van der Waals surface area contributed by atoms with Crippen LogP contribution in [0.15, 0.2) is 18.2 Å². The predicted molar refractivity (Wildman–Crippen MR) is 58.3 cm³/mol. The van der Waals surface area contributed by atoms with Crippen molar-refractivity contribution in [3.05, 3.63) is 29.8 Å². The zero-order valence-corrected chi connectivity index (χ0v) is 8.97. The molecule has 2 nitrogen and oxygen atoms in total. The maximum atomic E-state index is 12.9. The molecule has 0 radical (unpaired) electrons. The summed E-state index contributed by atoms with van der Waals surface area (Å²) in [7, 11) is 0. The molecule has 0 bridgehead atoms. The van der Waals surface area contributed by atoms with Crippen LogP contribution in [0, 0.1) is 11.6 Å². The summed E-state index contributed by atoms with van der Waals surface area (Å²) in [5.74, 6) is -1.22. The first-order valence-electron chi connectivity index (χ1n) is 5.50. The molecule has 1 aromatic carbocycles. The average Bonchev–Trinajstić information content (AvgIpc) is 2.62. The lowest BCUT2D eigenvalue weighted by Gasteiger charge is -2.23. The molecule has 0 aromatic heterocycles. The number of rotatable bonds is 3. The second-order valence-electron chi connectivity index (χ2n) is 4.44. The van der Waals surface area contributed by atoms with Crippen LogP contribution in [0.25, 0.3) is 0 Å². The molecular formula is C12H15F2NO. The number of nitrogens with one attached hydrogen (secondary N) is 1. The Kier molecular flexibility index (Phi) is 3.10. The van der Waals surface area contributed by atoms with E-state index in [4.69, 9.17) is 0 Å².